The Bertz CT molecular complexity index is 2580. The third-order valence-electron chi connectivity index (χ3n) is 10.7. The molecule has 3 nitrogen and oxygen atoms in total. The Balaban J connectivity index is 1.16. The van der Waals surface area contributed by atoms with E-state index in [9.17, 15) is 0 Å². The SMILES string of the molecule is CC1C=C(C2=CC(c3nc(-c4ccccc4)c4sc5ccccc5c4n3)CC=C2)c2c3c(n(-c4ccccc4)c2C1)CCC=C3c1ccccc1. The molecule has 0 amide bonds. The average Bonchev–Trinajstić information content (AvgIpc) is 3.74. The maximum absolute atomic E-state index is 5.38. The zero-order valence-corrected chi connectivity index (χ0v) is 29.4. The van der Waals surface area contributed by atoms with Crippen molar-refractivity contribution in [3.63, 3.8) is 0 Å². The lowest BCUT2D eigenvalue weighted by Gasteiger charge is -2.26. The standard InChI is InChI=1S/C47H37N3S/c1-30-27-38(43-40(28-30)50(35-21-9-4-10-22-35)39-25-14-24-36(42(39)43)31-15-5-2-6-16-31)33-19-13-20-34(29-33)47-48-44(32-17-7-3-8-18-32)46-45(49-47)37-23-11-12-26-41(37)51-46/h2-13,15-19,21-24,26-27,29-30,34H,14,20,25,28H2,1H3. The normalized spacial score (nSPS) is 18.3. The van der Waals surface area contributed by atoms with Gasteiger partial charge in [-0.1, -0.05) is 134 Å². The van der Waals surface area contributed by atoms with Gasteiger partial charge < -0.3 is 4.57 Å². The van der Waals surface area contributed by atoms with Crippen LogP contribution in [0.1, 0.15) is 59.6 Å². The molecule has 7 aromatic rings. The Morgan fingerprint density at radius 1 is 0.706 bits per heavy atom. The minimum absolute atomic E-state index is 0.0632. The second-order valence-electron chi connectivity index (χ2n) is 14.0. The molecule has 3 aliphatic rings. The topological polar surface area (TPSA) is 30.7 Å². The van der Waals surface area contributed by atoms with E-state index in [-0.39, 0.29) is 5.92 Å². The predicted octanol–water partition coefficient (Wildman–Crippen LogP) is 11.9. The van der Waals surface area contributed by atoms with Crippen LogP contribution in [0.25, 0.3) is 48.4 Å². The molecule has 0 radical (unpaired) electrons. The van der Waals surface area contributed by atoms with Gasteiger partial charge in [0.2, 0.25) is 0 Å². The molecule has 0 spiro atoms. The Morgan fingerprint density at radius 2 is 1.41 bits per heavy atom. The van der Waals surface area contributed by atoms with Gasteiger partial charge in [0.25, 0.3) is 0 Å². The summed E-state index contributed by atoms with van der Waals surface area (Å²) in [6, 6.07) is 41.2. The summed E-state index contributed by atoms with van der Waals surface area (Å²) in [6.45, 7) is 2.37. The smallest absolute Gasteiger partial charge is 0.137 e. The van der Waals surface area contributed by atoms with Crippen LogP contribution in [0.5, 0.6) is 0 Å². The molecule has 51 heavy (non-hydrogen) atoms. The quantitative estimate of drug-likeness (QED) is 0.182. The van der Waals surface area contributed by atoms with Crippen molar-refractivity contribution in [2.45, 2.75) is 38.5 Å². The highest BCUT2D eigenvalue weighted by atomic mass is 32.1. The van der Waals surface area contributed by atoms with Gasteiger partial charge in [-0.25, -0.2) is 9.97 Å². The van der Waals surface area contributed by atoms with E-state index in [1.54, 1.807) is 11.3 Å². The highest BCUT2D eigenvalue weighted by Crippen LogP contribution is 2.48. The number of thiophene rings is 1. The van der Waals surface area contributed by atoms with E-state index in [4.69, 9.17) is 9.97 Å². The summed E-state index contributed by atoms with van der Waals surface area (Å²) in [5.41, 5.74) is 15.4. The van der Waals surface area contributed by atoms with Gasteiger partial charge in [0, 0.05) is 49.8 Å². The Morgan fingerprint density at radius 3 is 2.22 bits per heavy atom. The van der Waals surface area contributed by atoms with Gasteiger partial charge >= 0.3 is 0 Å². The molecule has 10 rings (SSSR count). The van der Waals surface area contributed by atoms with Gasteiger partial charge in [-0.05, 0) is 72.1 Å². The zero-order chi connectivity index (χ0) is 33.9. The summed E-state index contributed by atoms with van der Waals surface area (Å²) >= 11 is 1.79. The molecule has 0 saturated carbocycles. The van der Waals surface area contributed by atoms with E-state index in [0.29, 0.717) is 5.92 Å². The molecule has 2 atom stereocenters. The Hall–Kier alpha value is -5.58. The predicted molar refractivity (Wildman–Crippen MR) is 213 cm³/mol. The first-order valence-electron chi connectivity index (χ1n) is 18.1. The van der Waals surface area contributed by atoms with Crippen LogP contribution in [0.15, 0.2) is 151 Å². The number of hydrogen-bond acceptors (Lipinski definition) is 3. The number of nitrogens with zero attached hydrogens (tertiary/aromatic N) is 3. The van der Waals surface area contributed by atoms with E-state index in [1.807, 2.05) is 0 Å². The molecule has 0 aliphatic heterocycles. The first-order valence-corrected chi connectivity index (χ1v) is 19.0. The molecule has 3 aliphatic carbocycles. The number of hydrogen-bond donors (Lipinski definition) is 0. The van der Waals surface area contributed by atoms with Gasteiger partial charge in [0.15, 0.2) is 0 Å². The lowest BCUT2D eigenvalue weighted by molar-refractivity contribution is 0.677. The molecule has 3 heterocycles. The molecule has 0 N–H and O–H groups in total. The van der Waals surface area contributed by atoms with Gasteiger partial charge in [-0.3, -0.25) is 0 Å². The van der Waals surface area contributed by atoms with E-state index in [1.165, 1.54) is 60.6 Å². The molecule has 0 bridgehead atoms. The van der Waals surface area contributed by atoms with Crippen molar-refractivity contribution >= 4 is 42.8 Å². The molecule has 246 valence electrons. The van der Waals surface area contributed by atoms with Crippen LogP contribution >= 0.6 is 11.3 Å². The van der Waals surface area contributed by atoms with Crippen LogP contribution in [0.3, 0.4) is 0 Å². The molecule has 2 unspecified atom stereocenters. The molecular weight excluding hydrogens is 639 g/mol. The molecule has 4 aromatic carbocycles. The maximum atomic E-state index is 5.38. The first-order chi connectivity index (χ1) is 25.2. The van der Waals surface area contributed by atoms with Gasteiger partial charge in [-0.2, -0.15) is 0 Å². The van der Waals surface area contributed by atoms with Crippen LogP contribution in [-0.2, 0) is 12.8 Å². The number of benzene rings is 4. The van der Waals surface area contributed by atoms with Crippen molar-refractivity contribution in [3.05, 3.63) is 185 Å². The van der Waals surface area contributed by atoms with Crippen molar-refractivity contribution in [1.29, 1.82) is 0 Å². The third kappa shape index (κ3) is 5.08. The van der Waals surface area contributed by atoms with Gasteiger partial charge in [-0.15, -0.1) is 11.3 Å². The van der Waals surface area contributed by atoms with Crippen LogP contribution in [0.2, 0.25) is 0 Å². The van der Waals surface area contributed by atoms with Crippen LogP contribution in [0, 0.1) is 5.92 Å². The van der Waals surface area contributed by atoms with E-state index in [0.717, 1.165) is 53.0 Å². The third-order valence-corrected chi connectivity index (χ3v) is 11.9. The fourth-order valence-corrected chi connectivity index (χ4v) is 9.64. The van der Waals surface area contributed by atoms with Gasteiger partial charge in [0.1, 0.15) is 5.82 Å². The largest absolute Gasteiger partial charge is 0.317 e. The highest BCUT2D eigenvalue weighted by molar-refractivity contribution is 7.26. The number of fused-ring (bicyclic) bond motifs is 6. The molecule has 3 aromatic heterocycles. The van der Waals surface area contributed by atoms with Gasteiger partial charge in [0.05, 0.1) is 15.9 Å². The average molecular weight is 676 g/mol. The van der Waals surface area contributed by atoms with Crippen LogP contribution in [0.4, 0.5) is 0 Å². The number of para-hydroxylation sites is 1. The van der Waals surface area contributed by atoms with Crippen LogP contribution < -0.4 is 0 Å². The summed E-state index contributed by atoms with van der Waals surface area (Å²) in [5, 5.41) is 1.21. The lowest BCUT2D eigenvalue weighted by Crippen LogP contribution is -2.13. The fraction of sp³-hybridized carbons (Fsp3) is 0.149. The molecule has 0 saturated heterocycles. The summed E-state index contributed by atoms with van der Waals surface area (Å²) in [4.78, 5) is 10.7. The van der Waals surface area contributed by atoms with Crippen molar-refractivity contribution in [1.82, 2.24) is 14.5 Å². The number of allylic oxidation sites excluding steroid dienone is 7. The molecule has 4 heteroatoms. The number of rotatable bonds is 5. The number of aromatic nitrogens is 3. The second kappa shape index (κ2) is 12.3. The Kier molecular flexibility index (Phi) is 7.31. The van der Waals surface area contributed by atoms with Crippen molar-refractivity contribution in [2.24, 2.45) is 5.92 Å². The zero-order valence-electron chi connectivity index (χ0n) is 28.6. The summed E-state index contributed by atoms with van der Waals surface area (Å²) in [7, 11) is 0. The first kappa shape index (κ1) is 30.3. The van der Waals surface area contributed by atoms with Crippen molar-refractivity contribution in [3.8, 4) is 16.9 Å². The van der Waals surface area contributed by atoms with E-state index in [2.05, 4.69) is 157 Å². The summed E-state index contributed by atoms with van der Waals surface area (Å²) in [5.74, 6) is 1.36. The minimum atomic E-state index is 0.0632. The molecule has 0 fully saturated rings. The van der Waals surface area contributed by atoms with E-state index < -0.39 is 0 Å². The maximum Gasteiger partial charge on any atom is 0.137 e. The monoisotopic (exact) mass is 675 g/mol. The molecular formula is C47H37N3S. The highest BCUT2D eigenvalue weighted by Gasteiger charge is 2.34. The van der Waals surface area contributed by atoms with E-state index >= 15 is 0 Å². The summed E-state index contributed by atoms with van der Waals surface area (Å²) in [6.07, 6.45) is 16.1. The fourth-order valence-electron chi connectivity index (χ4n) is 8.49. The summed E-state index contributed by atoms with van der Waals surface area (Å²) < 4.78 is 5.00. The van der Waals surface area contributed by atoms with Crippen molar-refractivity contribution in [2.75, 3.05) is 0 Å². The minimum Gasteiger partial charge on any atom is -0.317 e. The lowest BCUT2D eigenvalue weighted by atomic mass is 9.78. The Labute approximate surface area is 302 Å². The van der Waals surface area contributed by atoms with Crippen molar-refractivity contribution < 1.29 is 0 Å². The second-order valence-corrected chi connectivity index (χ2v) is 15.1. The van der Waals surface area contributed by atoms with Crippen LogP contribution in [-0.4, -0.2) is 14.5 Å².